The fourth-order valence-electron chi connectivity index (χ4n) is 4.78. The molecule has 1 aliphatic heterocycles. The molecule has 4 aromatic rings. The lowest BCUT2D eigenvalue weighted by Gasteiger charge is -2.33. The molecule has 1 saturated heterocycles. The highest BCUT2D eigenvalue weighted by atomic mass is 19.1. The second kappa shape index (κ2) is 10.4. The summed E-state index contributed by atoms with van der Waals surface area (Å²) in [5, 5.41) is 5.21. The summed E-state index contributed by atoms with van der Waals surface area (Å²) in [5.74, 6) is -0.818. The molecule has 0 aliphatic carbocycles. The first-order chi connectivity index (χ1) is 17.2. The molecule has 0 saturated carbocycles. The van der Waals surface area contributed by atoms with Crippen LogP contribution < -0.4 is 15.8 Å². The Bertz CT molecular complexity index is 1420. The molecule has 8 heteroatoms. The van der Waals surface area contributed by atoms with Crippen molar-refractivity contribution >= 4 is 34.1 Å². The largest absolute Gasteiger partial charge is 0.494 e. The number of nitrogens with two attached hydrogens (primary N) is 1. The molecular formula is C28H31FN4O3. The standard InChI is InChI=1S/C21H17FN2O2.C7H14N2O/c1-11-3-5-14-15-8-13(12-4-6-19(26-2)17(22)10-12)9-16(21(23)25)20(15)24-18(14)7-11;1-6-3-9(5-10)4-7(2)8-6/h3-10,24H,1-2H3,(H2,23,25);5-8H,3-4H2,1-2H3/t;6-,7+. The SMILES string of the molecule is COc1ccc(-c2cc(C(N)=O)c3[nH]c4cc(C)ccc4c3c2)cc1F.C[C@@H]1CN(C=O)C[C@H](C)N1. The normalized spacial score (nSPS) is 17.5. The van der Waals surface area contributed by atoms with Gasteiger partial charge in [-0.15, -0.1) is 0 Å². The van der Waals surface area contributed by atoms with Crippen molar-refractivity contribution in [3.8, 4) is 16.9 Å². The van der Waals surface area contributed by atoms with Crippen molar-refractivity contribution in [3.05, 3.63) is 65.5 Å². The van der Waals surface area contributed by atoms with E-state index in [0.29, 0.717) is 34.3 Å². The lowest BCUT2D eigenvalue weighted by molar-refractivity contribution is -0.119. The molecule has 1 fully saturated rings. The molecule has 1 aromatic heterocycles. The molecule has 0 spiro atoms. The summed E-state index contributed by atoms with van der Waals surface area (Å²) in [6.45, 7) is 7.87. The maximum Gasteiger partial charge on any atom is 0.250 e. The number of aryl methyl sites for hydroxylation is 1. The molecule has 0 bridgehead atoms. The fraction of sp³-hybridized carbons (Fsp3) is 0.286. The highest BCUT2D eigenvalue weighted by Gasteiger charge is 2.19. The average Bonchev–Trinajstić information content (AvgIpc) is 3.20. The van der Waals surface area contributed by atoms with E-state index in [1.165, 1.54) is 13.2 Å². The van der Waals surface area contributed by atoms with Gasteiger partial charge >= 0.3 is 0 Å². The summed E-state index contributed by atoms with van der Waals surface area (Å²) in [6.07, 6.45) is 0.924. The average molecular weight is 491 g/mol. The van der Waals surface area contributed by atoms with Crippen molar-refractivity contribution in [2.24, 2.45) is 5.73 Å². The summed E-state index contributed by atoms with van der Waals surface area (Å²) in [5.41, 5.74) is 10.1. The highest BCUT2D eigenvalue weighted by Crippen LogP contribution is 2.34. The molecule has 2 amide bonds. The number of halogens is 1. The van der Waals surface area contributed by atoms with E-state index in [9.17, 15) is 14.0 Å². The van der Waals surface area contributed by atoms with Crippen LogP contribution in [0.2, 0.25) is 0 Å². The van der Waals surface area contributed by atoms with Gasteiger partial charge in [-0.25, -0.2) is 4.39 Å². The van der Waals surface area contributed by atoms with Crippen LogP contribution in [-0.4, -0.2) is 54.5 Å². The second-order valence-corrected chi connectivity index (χ2v) is 9.36. The zero-order valence-electron chi connectivity index (χ0n) is 20.9. The third-order valence-corrected chi connectivity index (χ3v) is 6.35. The highest BCUT2D eigenvalue weighted by molar-refractivity contribution is 6.16. The van der Waals surface area contributed by atoms with Crippen molar-refractivity contribution < 1.29 is 18.7 Å². The van der Waals surface area contributed by atoms with Gasteiger partial charge in [0.05, 0.1) is 18.2 Å². The Morgan fingerprint density at radius 2 is 1.78 bits per heavy atom. The van der Waals surface area contributed by atoms with E-state index in [1.54, 1.807) is 18.2 Å². The molecule has 7 nitrogen and oxygen atoms in total. The number of hydrogen-bond donors (Lipinski definition) is 3. The van der Waals surface area contributed by atoms with Crippen molar-refractivity contribution in [3.63, 3.8) is 0 Å². The summed E-state index contributed by atoms with van der Waals surface area (Å²) in [4.78, 5) is 27.5. The van der Waals surface area contributed by atoms with Gasteiger partial charge in [0.15, 0.2) is 11.6 Å². The summed E-state index contributed by atoms with van der Waals surface area (Å²) < 4.78 is 19.1. The minimum Gasteiger partial charge on any atom is -0.494 e. The first kappa shape index (κ1) is 25.2. The Kier molecular flexibility index (Phi) is 7.26. The van der Waals surface area contributed by atoms with E-state index in [0.717, 1.165) is 41.4 Å². The van der Waals surface area contributed by atoms with Gasteiger partial charge in [0.25, 0.3) is 5.91 Å². The number of amides is 2. The third kappa shape index (κ3) is 5.18. The quantitative estimate of drug-likeness (QED) is 0.370. The molecule has 1 aliphatic rings. The van der Waals surface area contributed by atoms with Crippen molar-refractivity contribution in [2.45, 2.75) is 32.9 Å². The Morgan fingerprint density at radius 3 is 2.39 bits per heavy atom. The van der Waals surface area contributed by atoms with Gasteiger partial charge in [-0.3, -0.25) is 9.59 Å². The first-order valence-electron chi connectivity index (χ1n) is 11.8. The number of aromatic amines is 1. The maximum absolute atomic E-state index is 14.1. The summed E-state index contributed by atoms with van der Waals surface area (Å²) in [7, 11) is 1.42. The number of carbonyl (C=O) groups excluding carboxylic acids is 2. The predicted octanol–water partition coefficient (Wildman–Crippen LogP) is 4.37. The maximum atomic E-state index is 14.1. The molecule has 0 unspecified atom stereocenters. The number of H-pyrrole nitrogens is 1. The number of carbonyl (C=O) groups is 2. The van der Waals surface area contributed by atoms with Crippen LogP contribution in [-0.2, 0) is 4.79 Å². The van der Waals surface area contributed by atoms with Crippen LogP contribution in [0, 0.1) is 12.7 Å². The number of fused-ring (bicyclic) bond motifs is 3. The van der Waals surface area contributed by atoms with Gasteiger partial charge in [-0.05, 0) is 67.8 Å². The fourth-order valence-corrected chi connectivity index (χ4v) is 4.78. The van der Waals surface area contributed by atoms with Crippen LogP contribution in [0.5, 0.6) is 5.75 Å². The van der Waals surface area contributed by atoms with Crippen LogP contribution in [0.4, 0.5) is 4.39 Å². The molecule has 0 radical (unpaired) electrons. The third-order valence-electron chi connectivity index (χ3n) is 6.35. The molecular weight excluding hydrogens is 459 g/mol. The number of primary amides is 1. The number of methoxy groups -OCH3 is 1. The topological polar surface area (TPSA) is 100 Å². The number of rotatable bonds is 4. The molecule has 5 rings (SSSR count). The Morgan fingerprint density at radius 1 is 1.06 bits per heavy atom. The predicted molar refractivity (Wildman–Crippen MR) is 141 cm³/mol. The molecule has 36 heavy (non-hydrogen) atoms. The van der Waals surface area contributed by atoms with E-state index in [-0.39, 0.29) is 5.75 Å². The van der Waals surface area contributed by atoms with E-state index >= 15 is 0 Å². The van der Waals surface area contributed by atoms with Gasteiger partial charge in [-0.2, -0.15) is 0 Å². The summed E-state index contributed by atoms with van der Waals surface area (Å²) in [6, 6.07) is 15.3. The zero-order valence-corrected chi connectivity index (χ0v) is 20.9. The van der Waals surface area contributed by atoms with Crippen LogP contribution in [0.25, 0.3) is 32.9 Å². The number of piperazine rings is 1. The molecule has 4 N–H and O–H groups in total. The molecule has 188 valence electrons. The number of nitrogens with one attached hydrogen (secondary N) is 2. The lowest BCUT2D eigenvalue weighted by Crippen LogP contribution is -2.53. The van der Waals surface area contributed by atoms with E-state index in [2.05, 4.69) is 24.1 Å². The zero-order chi connectivity index (χ0) is 26.0. The Labute approximate surface area is 209 Å². The van der Waals surface area contributed by atoms with Gasteiger partial charge in [0.2, 0.25) is 6.41 Å². The monoisotopic (exact) mass is 490 g/mol. The Balaban J connectivity index is 0.000000256. The minimum atomic E-state index is -0.533. The second-order valence-electron chi connectivity index (χ2n) is 9.36. The molecule has 3 aromatic carbocycles. The van der Waals surface area contributed by atoms with Crippen LogP contribution >= 0.6 is 0 Å². The van der Waals surface area contributed by atoms with Crippen LogP contribution in [0.1, 0.15) is 29.8 Å². The molecule has 2 atom stereocenters. The number of ether oxygens (including phenoxy) is 1. The smallest absolute Gasteiger partial charge is 0.250 e. The van der Waals surface area contributed by atoms with Crippen molar-refractivity contribution in [1.82, 2.24) is 15.2 Å². The number of hydrogen-bond acceptors (Lipinski definition) is 4. The van der Waals surface area contributed by atoms with Gasteiger partial charge in [0, 0.05) is 41.5 Å². The van der Waals surface area contributed by atoms with Crippen LogP contribution in [0.3, 0.4) is 0 Å². The minimum absolute atomic E-state index is 0.174. The number of nitrogens with zero attached hydrogens (tertiary/aromatic N) is 1. The number of benzene rings is 3. The summed E-state index contributed by atoms with van der Waals surface area (Å²) >= 11 is 0. The first-order valence-corrected chi connectivity index (χ1v) is 11.8. The van der Waals surface area contributed by atoms with Gasteiger partial charge < -0.3 is 25.7 Å². The van der Waals surface area contributed by atoms with E-state index in [1.807, 2.05) is 36.1 Å². The Hall–Kier alpha value is -3.91. The lowest BCUT2D eigenvalue weighted by atomic mass is 9.98. The van der Waals surface area contributed by atoms with Gasteiger partial charge in [-0.1, -0.05) is 18.2 Å². The molecule has 2 heterocycles. The van der Waals surface area contributed by atoms with E-state index < -0.39 is 11.7 Å². The van der Waals surface area contributed by atoms with Crippen LogP contribution in [0.15, 0.2) is 48.5 Å². The van der Waals surface area contributed by atoms with E-state index in [4.69, 9.17) is 10.5 Å². The van der Waals surface area contributed by atoms with Crippen molar-refractivity contribution in [2.75, 3.05) is 20.2 Å². The number of aromatic nitrogens is 1. The van der Waals surface area contributed by atoms with Crippen molar-refractivity contribution in [1.29, 1.82) is 0 Å². The van der Waals surface area contributed by atoms with Gasteiger partial charge in [0.1, 0.15) is 0 Å².